The number of hydrogen-bond acceptors (Lipinski definition) is 0. The molecule has 0 heterocycles. The van der Waals surface area contributed by atoms with E-state index >= 15 is 0 Å². The van der Waals surface area contributed by atoms with Crippen LogP contribution in [0, 0.1) is 49.6 Å². The highest BCUT2D eigenvalue weighted by molar-refractivity contribution is 5.20. The van der Waals surface area contributed by atoms with Crippen LogP contribution in [0.1, 0.15) is 66.2 Å². The molecule has 3 rings (SSSR count). The van der Waals surface area contributed by atoms with Gasteiger partial charge in [-0.05, 0) is 63.2 Å². The van der Waals surface area contributed by atoms with E-state index in [1.54, 1.807) is 5.57 Å². The maximum absolute atomic E-state index is 4.59. The SMILES string of the molecule is C=C1CC[C@]2([NH2+][CH2-])[C@@H]3[C@@H](CC[C@H]2C)[C@H](C)C[C@H](CC(C)(C)[NH2+][CH2-])[C@@H]13. The Morgan fingerprint density at radius 1 is 1.25 bits per heavy atom. The summed E-state index contributed by atoms with van der Waals surface area (Å²) in [6.07, 6.45) is 7.95. The highest BCUT2D eigenvalue weighted by Crippen LogP contribution is 2.60. The molecule has 0 spiro atoms. The van der Waals surface area contributed by atoms with E-state index in [1.807, 2.05) is 0 Å². The van der Waals surface area contributed by atoms with Crippen LogP contribution in [0.2, 0.25) is 0 Å². The Morgan fingerprint density at radius 3 is 2.58 bits per heavy atom. The van der Waals surface area contributed by atoms with Gasteiger partial charge in [-0.15, -0.1) is 0 Å². The van der Waals surface area contributed by atoms with Gasteiger partial charge in [-0.2, -0.15) is 14.1 Å². The van der Waals surface area contributed by atoms with Crippen molar-refractivity contribution in [3.63, 3.8) is 0 Å². The van der Waals surface area contributed by atoms with Crippen molar-refractivity contribution >= 4 is 0 Å². The molecule has 0 aromatic rings. The topological polar surface area (TPSA) is 33.2 Å². The summed E-state index contributed by atoms with van der Waals surface area (Å²) in [5, 5.41) is 4.54. The minimum atomic E-state index is 0.228. The molecule has 0 bridgehead atoms. The van der Waals surface area contributed by atoms with Gasteiger partial charge in [0.2, 0.25) is 0 Å². The molecular formula is C22H40N2. The summed E-state index contributed by atoms with van der Waals surface area (Å²) in [6, 6.07) is 0. The molecular weight excluding hydrogens is 292 g/mol. The van der Waals surface area contributed by atoms with Gasteiger partial charge in [0.05, 0.1) is 11.1 Å². The minimum absolute atomic E-state index is 0.228. The molecule has 0 aliphatic heterocycles. The van der Waals surface area contributed by atoms with Gasteiger partial charge in [0.25, 0.3) is 0 Å². The predicted molar refractivity (Wildman–Crippen MR) is 101 cm³/mol. The summed E-state index contributed by atoms with van der Waals surface area (Å²) in [5.74, 6) is 4.77. The van der Waals surface area contributed by atoms with Gasteiger partial charge >= 0.3 is 0 Å². The van der Waals surface area contributed by atoms with Crippen LogP contribution in [0.15, 0.2) is 12.2 Å². The number of hydrogen-bond donors (Lipinski definition) is 2. The predicted octanol–water partition coefficient (Wildman–Crippen LogP) is 2.89. The van der Waals surface area contributed by atoms with E-state index < -0.39 is 0 Å². The van der Waals surface area contributed by atoms with E-state index in [0.29, 0.717) is 11.5 Å². The quantitative estimate of drug-likeness (QED) is 0.586. The van der Waals surface area contributed by atoms with Gasteiger partial charge in [-0.3, -0.25) is 0 Å². The normalized spacial score (nSPS) is 45.8. The maximum atomic E-state index is 4.59. The molecule has 0 aromatic heterocycles. The van der Waals surface area contributed by atoms with Gasteiger partial charge in [-0.25, -0.2) is 0 Å². The van der Waals surface area contributed by atoms with Crippen molar-refractivity contribution in [2.75, 3.05) is 0 Å². The van der Waals surface area contributed by atoms with Gasteiger partial charge in [0.15, 0.2) is 0 Å². The first-order valence-electron chi connectivity index (χ1n) is 10.2. The van der Waals surface area contributed by atoms with E-state index in [2.05, 4.69) is 59.0 Å². The van der Waals surface area contributed by atoms with E-state index in [4.69, 9.17) is 0 Å². The van der Waals surface area contributed by atoms with Gasteiger partial charge in [0.1, 0.15) is 0 Å². The minimum Gasteiger partial charge on any atom is -0.474 e. The van der Waals surface area contributed by atoms with Crippen molar-refractivity contribution in [1.82, 2.24) is 0 Å². The lowest BCUT2D eigenvalue weighted by Gasteiger charge is -2.62. The zero-order valence-corrected chi connectivity index (χ0v) is 16.5. The molecule has 3 aliphatic rings. The average Bonchev–Trinajstić information content (AvgIpc) is 2.54. The summed E-state index contributed by atoms with van der Waals surface area (Å²) in [7, 11) is 8.46. The Bertz CT molecular complexity index is 482. The Labute approximate surface area is 150 Å². The molecule has 7 atom stereocenters. The Balaban J connectivity index is 1.99. The van der Waals surface area contributed by atoms with Crippen molar-refractivity contribution < 1.29 is 10.6 Å². The summed E-state index contributed by atoms with van der Waals surface area (Å²) in [4.78, 5) is 0. The summed E-state index contributed by atoms with van der Waals surface area (Å²) < 4.78 is 0. The molecule has 24 heavy (non-hydrogen) atoms. The van der Waals surface area contributed by atoms with Crippen molar-refractivity contribution in [3.05, 3.63) is 26.2 Å². The first kappa shape index (κ1) is 18.5. The molecule has 3 fully saturated rings. The third-order valence-corrected chi connectivity index (χ3v) is 8.30. The lowest BCUT2D eigenvalue weighted by atomic mass is 9.44. The lowest BCUT2D eigenvalue weighted by Crippen LogP contribution is -2.98. The molecule has 2 heteroatoms. The molecule has 2 nitrogen and oxygen atoms in total. The van der Waals surface area contributed by atoms with E-state index in [-0.39, 0.29) is 5.54 Å². The van der Waals surface area contributed by atoms with Crippen molar-refractivity contribution in [2.45, 2.75) is 77.3 Å². The molecule has 4 N–H and O–H groups in total. The molecule has 3 saturated carbocycles. The standard InChI is InChI=1S/C22H40N2/c1-14-10-11-22(24-7)16(3)8-9-18-15(2)12-17(19(14)20(18)22)13-21(4,5)23-6/h15-20H,1,6-13,23-24H2,2-5H3/t15-,16-,17-,18+,19-,20-,22-/m1/s1. The Kier molecular flexibility index (Phi) is 4.94. The zero-order chi connectivity index (χ0) is 17.7. The van der Waals surface area contributed by atoms with Crippen molar-refractivity contribution in [2.24, 2.45) is 35.5 Å². The fourth-order valence-electron chi connectivity index (χ4n) is 6.90. The van der Waals surface area contributed by atoms with Crippen LogP contribution in [0.4, 0.5) is 0 Å². The van der Waals surface area contributed by atoms with Crippen LogP contribution < -0.4 is 10.6 Å². The van der Waals surface area contributed by atoms with Crippen LogP contribution >= 0.6 is 0 Å². The molecule has 3 aliphatic carbocycles. The first-order valence-corrected chi connectivity index (χ1v) is 10.2. The highest BCUT2D eigenvalue weighted by atomic mass is 15.0. The van der Waals surface area contributed by atoms with Crippen LogP contribution in [0.5, 0.6) is 0 Å². The molecule has 0 saturated heterocycles. The van der Waals surface area contributed by atoms with Gasteiger partial charge in [-0.1, -0.05) is 26.0 Å². The molecule has 0 aromatic carbocycles. The molecule has 0 unspecified atom stereocenters. The number of allylic oxidation sites excluding steroid dienone is 1. The third-order valence-electron chi connectivity index (χ3n) is 8.30. The lowest BCUT2D eigenvalue weighted by molar-refractivity contribution is -0.704. The fraction of sp³-hybridized carbons (Fsp3) is 0.818. The first-order chi connectivity index (χ1) is 11.3. The van der Waals surface area contributed by atoms with Gasteiger partial charge in [0, 0.05) is 24.7 Å². The second kappa shape index (κ2) is 6.43. The maximum Gasteiger partial charge on any atom is 0.0789 e. The summed E-state index contributed by atoms with van der Waals surface area (Å²) >= 11 is 0. The highest BCUT2D eigenvalue weighted by Gasteiger charge is 2.60. The van der Waals surface area contributed by atoms with Crippen LogP contribution in [-0.4, -0.2) is 11.1 Å². The number of nitrogens with two attached hydrogens (primary N) is 2. The number of quaternary nitrogens is 2. The third kappa shape index (κ3) is 2.78. The summed E-state index contributed by atoms with van der Waals surface area (Å²) in [6.45, 7) is 14.3. The Morgan fingerprint density at radius 2 is 1.96 bits per heavy atom. The zero-order valence-electron chi connectivity index (χ0n) is 16.5. The van der Waals surface area contributed by atoms with Crippen LogP contribution in [0.25, 0.3) is 0 Å². The molecule has 0 radical (unpaired) electrons. The van der Waals surface area contributed by atoms with E-state index in [1.165, 1.54) is 38.5 Å². The van der Waals surface area contributed by atoms with Crippen molar-refractivity contribution in [3.8, 4) is 0 Å². The molecule has 0 amide bonds. The molecule has 138 valence electrons. The average molecular weight is 333 g/mol. The van der Waals surface area contributed by atoms with Crippen molar-refractivity contribution in [1.29, 1.82) is 0 Å². The van der Waals surface area contributed by atoms with Gasteiger partial charge < -0.3 is 10.6 Å². The second-order valence-corrected chi connectivity index (χ2v) is 10.0. The van der Waals surface area contributed by atoms with Crippen LogP contribution in [0.3, 0.4) is 0 Å². The Hall–Kier alpha value is -0.340. The monoisotopic (exact) mass is 332 g/mol. The fourth-order valence-corrected chi connectivity index (χ4v) is 6.90. The summed E-state index contributed by atoms with van der Waals surface area (Å²) in [5.41, 5.74) is 2.14. The van der Waals surface area contributed by atoms with E-state index in [0.717, 1.165) is 29.6 Å². The van der Waals surface area contributed by atoms with Crippen LogP contribution in [-0.2, 0) is 0 Å². The number of rotatable bonds is 4. The second-order valence-electron chi connectivity index (χ2n) is 10.0. The smallest absolute Gasteiger partial charge is 0.0789 e. The van der Waals surface area contributed by atoms with E-state index in [9.17, 15) is 0 Å². The largest absolute Gasteiger partial charge is 0.474 e.